The third-order valence-electron chi connectivity index (χ3n) is 7.27. The molecule has 2 unspecified atom stereocenters. The molecule has 5 rings (SSSR count). The molecule has 1 saturated carbocycles. The maximum Gasteiger partial charge on any atom is 0.227 e. The van der Waals surface area contributed by atoms with E-state index in [1.165, 1.54) is 66.4 Å². The van der Waals surface area contributed by atoms with Crippen LogP contribution in [-0.4, -0.2) is 47.9 Å². The lowest BCUT2D eigenvalue weighted by Gasteiger charge is -2.42. The van der Waals surface area contributed by atoms with Crippen LogP contribution in [0.4, 0.5) is 0 Å². The predicted molar refractivity (Wildman–Crippen MR) is 138 cm³/mol. The van der Waals surface area contributed by atoms with E-state index < -0.39 is 0 Å². The molecule has 2 heterocycles. The number of carbonyl (C=O) groups is 1. The summed E-state index contributed by atoms with van der Waals surface area (Å²) in [6.45, 7) is 2.42. The number of hydrogen-bond donors (Lipinski definition) is 0. The highest BCUT2D eigenvalue weighted by molar-refractivity contribution is 7.17. The van der Waals surface area contributed by atoms with Gasteiger partial charge in [-0.15, -0.1) is 23.7 Å². The number of thiophene rings is 1. The molecule has 0 bridgehead atoms. The van der Waals surface area contributed by atoms with E-state index in [4.69, 9.17) is 0 Å². The summed E-state index contributed by atoms with van der Waals surface area (Å²) in [4.78, 5) is 18.0. The maximum absolute atomic E-state index is 13.3. The highest BCUT2D eigenvalue weighted by Crippen LogP contribution is 2.35. The van der Waals surface area contributed by atoms with Crippen LogP contribution in [-0.2, 0) is 11.2 Å². The molecule has 0 radical (unpaired) electrons. The van der Waals surface area contributed by atoms with Gasteiger partial charge in [0, 0.05) is 34.8 Å². The fraction of sp³-hybridized carbons (Fsp3) is 0.444. The minimum atomic E-state index is 0. The minimum Gasteiger partial charge on any atom is -0.341 e. The molecule has 32 heavy (non-hydrogen) atoms. The number of amides is 1. The normalized spacial score (nSPS) is 21.4. The van der Waals surface area contributed by atoms with Crippen molar-refractivity contribution in [2.24, 2.45) is 0 Å². The number of likely N-dealkylation sites (N-methyl/N-ethyl adjacent to an activating group) is 1. The number of benzene rings is 2. The highest BCUT2D eigenvalue weighted by atomic mass is 35.5. The number of hydrogen-bond acceptors (Lipinski definition) is 3. The molecule has 5 heteroatoms. The molecule has 0 spiro atoms. The van der Waals surface area contributed by atoms with Crippen molar-refractivity contribution in [1.29, 1.82) is 0 Å². The Balaban J connectivity index is 0.00000245. The number of rotatable bonds is 5. The van der Waals surface area contributed by atoms with Crippen LogP contribution < -0.4 is 0 Å². The van der Waals surface area contributed by atoms with Gasteiger partial charge in [0.05, 0.1) is 6.42 Å². The van der Waals surface area contributed by atoms with Gasteiger partial charge < -0.3 is 4.90 Å². The van der Waals surface area contributed by atoms with Crippen LogP contribution in [0.2, 0.25) is 0 Å². The second kappa shape index (κ2) is 10.4. The Morgan fingerprint density at radius 3 is 2.56 bits per heavy atom. The lowest BCUT2D eigenvalue weighted by atomic mass is 9.88. The molecule has 2 atom stereocenters. The minimum absolute atomic E-state index is 0. The van der Waals surface area contributed by atoms with Gasteiger partial charge >= 0.3 is 0 Å². The number of likely N-dealkylation sites (tertiary alicyclic amines) is 1. The molecule has 2 aliphatic rings. The Morgan fingerprint density at radius 1 is 1.03 bits per heavy atom. The second-order valence-corrected chi connectivity index (χ2v) is 10.1. The first kappa shape index (κ1) is 23.3. The average Bonchev–Trinajstić information content (AvgIpc) is 3.49. The molecule has 3 nitrogen and oxygen atoms in total. The van der Waals surface area contributed by atoms with Crippen molar-refractivity contribution in [3.05, 3.63) is 59.5 Å². The van der Waals surface area contributed by atoms with Crippen LogP contribution in [0.15, 0.2) is 53.9 Å². The topological polar surface area (TPSA) is 23.6 Å². The number of fused-ring (bicyclic) bond motifs is 1. The Morgan fingerprint density at radius 2 is 1.78 bits per heavy atom. The zero-order chi connectivity index (χ0) is 21.2. The summed E-state index contributed by atoms with van der Waals surface area (Å²) in [6.07, 6.45) is 8.04. The monoisotopic (exact) mass is 468 g/mol. The van der Waals surface area contributed by atoms with E-state index in [2.05, 4.69) is 63.7 Å². The van der Waals surface area contributed by atoms with Crippen LogP contribution in [0, 0.1) is 0 Å². The van der Waals surface area contributed by atoms with Gasteiger partial charge in [-0.1, -0.05) is 49.2 Å². The van der Waals surface area contributed by atoms with Crippen molar-refractivity contribution in [2.45, 2.75) is 57.0 Å². The van der Waals surface area contributed by atoms with Gasteiger partial charge in [-0.05, 0) is 67.4 Å². The Kier molecular flexibility index (Phi) is 7.55. The fourth-order valence-electron chi connectivity index (χ4n) is 5.55. The number of carbonyl (C=O) groups excluding carboxylic acids is 1. The fourth-order valence-corrected chi connectivity index (χ4v) is 6.50. The molecule has 0 N–H and O–H groups in total. The molecular weight excluding hydrogens is 436 g/mol. The summed E-state index contributed by atoms with van der Waals surface area (Å²) in [7, 11) is 2.04. The van der Waals surface area contributed by atoms with Crippen molar-refractivity contribution >= 4 is 39.7 Å². The first-order chi connectivity index (χ1) is 15.2. The van der Waals surface area contributed by atoms with E-state index in [9.17, 15) is 4.79 Å². The van der Waals surface area contributed by atoms with Gasteiger partial charge in [0.15, 0.2) is 0 Å². The molecule has 1 aromatic heterocycles. The summed E-state index contributed by atoms with van der Waals surface area (Å²) in [5.41, 5.74) is 3.63. The van der Waals surface area contributed by atoms with Crippen LogP contribution in [0.3, 0.4) is 0 Å². The third-order valence-corrected chi connectivity index (χ3v) is 8.24. The maximum atomic E-state index is 13.3. The number of nitrogens with zero attached hydrogens (tertiary/aromatic N) is 2. The Bertz CT molecular complexity index is 1040. The molecule has 1 amide bonds. The van der Waals surface area contributed by atoms with Crippen molar-refractivity contribution < 1.29 is 4.79 Å². The lowest BCUT2D eigenvalue weighted by Crippen LogP contribution is -2.53. The Hall–Kier alpha value is -1.88. The molecule has 1 aliphatic carbocycles. The van der Waals surface area contributed by atoms with Crippen molar-refractivity contribution in [3.63, 3.8) is 0 Å². The van der Waals surface area contributed by atoms with Gasteiger partial charge in [0.2, 0.25) is 5.91 Å². The van der Waals surface area contributed by atoms with Crippen molar-refractivity contribution in [3.8, 4) is 11.1 Å². The second-order valence-electron chi connectivity index (χ2n) is 9.19. The summed E-state index contributed by atoms with van der Waals surface area (Å²) < 4.78 is 1.28. The van der Waals surface area contributed by atoms with E-state index in [1.807, 2.05) is 7.05 Å². The van der Waals surface area contributed by atoms with E-state index in [0.29, 0.717) is 18.5 Å². The smallest absolute Gasteiger partial charge is 0.227 e. The van der Waals surface area contributed by atoms with Crippen LogP contribution in [0.1, 0.15) is 44.1 Å². The van der Waals surface area contributed by atoms with E-state index >= 15 is 0 Å². The zero-order valence-electron chi connectivity index (χ0n) is 18.8. The van der Waals surface area contributed by atoms with Crippen molar-refractivity contribution in [2.75, 3.05) is 20.1 Å². The van der Waals surface area contributed by atoms with Crippen LogP contribution in [0.25, 0.3) is 21.2 Å². The molecule has 1 aliphatic heterocycles. The molecule has 3 aromatic rings. The first-order valence-corrected chi connectivity index (χ1v) is 12.6. The summed E-state index contributed by atoms with van der Waals surface area (Å²) in [6, 6.07) is 18.0. The number of halogens is 1. The predicted octanol–water partition coefficient (Wildman–Crippen LogP) is 6.40. The van der Waals surface area contributed by atoms with Gasteiger partial charge in [-0.25, -0.2) is 0 Å². The summed E-state index contributed by atoms with van der Waals surface area (Å²) in [5, 5.41) is 3.50. The summed E-state index contributed by atoms with van der Waals surface area (Å²) in [5.74, 6) is 0.256. The molecular formula is C27H33ClN2OS. The van der Waals surface area contributed by atoms with Gasteiger partial charge in [0.25, 0.3) is 0 Å². The SMILES string of the molecule is CN(C(=O)Cc1ccc2scc(-c3ccccc3)c2c1)C1CCCCC1N1CCCC1.Cl. The van der Waals surface area contributed by atoms with Gasteiger partial charge in [-0.2, -0.15) is 0 Å². The highest BCUT2D eigenvalue weighted by Gasteiger charge is 2.35. The van der Waals surface area contributed by atoms with Gasteiger partial charge in [0.1, 0.15) is 0 Å². The summed E-state index contributed by atoms with van der Waals surface area (Å²) >= 11 is 1.78. The molecule has 170 valence electrons. The quantitative estimate of drug-likeness (QED) is 0.432. The van der Waals surface area contributed by atoms with E-state index in [-0.39, 0.29) is 18.3 Å². The van der Waals surface area contributed by atoms with Gasteiger partial charge in [-0.3, -0.25) is 9.69 Å². The lowest BCUT2D eigenvalue weighted by molar-refractivity contribution is -0.133. The first-order valence-electron chi connectivity index (χ1n) is 11.8. The zero-order valence-corrected chi connectivity index (χ0v) is 20.5. The third kappa shape index (κ3) is 4.73. The van der Waals surface area contributed by atoms with E-state index in [1.54, 1.807) is 11.3 Å². The molecule has 2 aromatic carbocycles. The molecule has 1 saturated heterocycles. The van der Waals surface area contributed by atoms with Crippen LogP contribution in [0.5, 0.6) is 0 Å². The van der Waals surface area contributed by atoms with E-state index in [0.717, 1.165) is 12.0 Å². The average molecular weight is 469 g/mol. The largest absolute Gasteiger partial charge is 0.341 e. The molecule has 2 fully saturated rings. The van der Waals surface area contributed by atoms with Crippen LogP contribution >= 0.6 is 23.7 Å². The van der Waals surface area contributed by atoms with Crippen molar-refractivity contribution in [1.82, 2.24) is 9.80 Å². The standard InChI is InChI=1S/C27H32N2OS.ClH/c1-28(24-11-5-6-12-25(24)29-15-7-8-16-29)27(30)18-20-13-14-26-22(17-20)23(19-31-26)21-9-3-2-4-10-21;/h2-4,9-10,13-14,17,19,24-25H,5-8,11-12,15-16,18H2,1H3;1H. The Labute approximate surface area is 201 Å².